The van der Waals surface area contributed by atoms with Gasteiger partial charge in [0.15, 0.2) is 0 Å². The van der Waals surface area contributed by atoms with Crippen molar-refractivity contribution in [2.45, 2.75) is 56.4 Å². The first-order chi connectivity index (χ1) is 8.51. The van der Waals surface area contributed by atoms with Crippen molar-refractivity contribution in [2.75, 3.05) is 19.5 Å². The lowest BCUT2D eigenvalue weighted by atomic mass is 9.99. The zero-order valence-electron chi connectivity index (χ0n) is 11.6. The predicted octanol–water partition coefficient (Wildman–Crippen LogP) is 1.56. The topological polar surface area (TPSA) is 58.6 Å². The number of ether oxygens (including phenoxy) is 1. The molecule has 0 aliphatic heterocycles. The number of aliphatic hydroxyl groups is 1. The van der Waals surface area contributed by atoms with Gasteiger partial charge < -0.3 is 9.84 Å². The third-order valence-electron chi connectivity index (χ3n) is 3.28. The van der Waals surface area contributed by atoms with E-state index in [-0.39, 0.29) is 12.6 Å². The van der Waals surface area contributed by atoms with E-state index in [1.165, 1.54) is 7.11 Å². The van der Waals surface area contributed by atoms with Crippen LogP contribution >= 0.6 is 11.8 Å². The molecule has 106 valence electrons. The molecule has 18 heavy (non-hydrogen) atoms. The van der Waals surface area contributed by atoms with Gasteiger partial charge in [-0.3, -0.25) is 10.1 Å². The minimum atomic E-state index is -0.568. The second-order valence-electron chi connectivity index (χ2n) is 5.19. The highest BCUT2D eigenvalue weighted by atomic mass is 32.2. The molecule has 0 heterocycles. The minimum Gasteiger partial charge on any atom is -0.468 e. The van der Waals surface area contributed by atoms with Gasteiger partial charge in [-0.1, -0.05) is 6.92 Å². The van der Waals surface area contributed by atoms with Crippen LogP contribution in [0.15, 0.2) is 0 Å². The normalized spacial score (nSPS) is 20.2. The van der Waals surface area contributed by atoms with Crippen molar-refractivity contribution >= 4 is 17.7 Å². The zero-order chi connectivity index (χ0) is 13.6. The van der Waals surface area contributed by atoms with Crippen LogP contribution in [0, 0.1) is 0 Å². The Morgan fingerprint density at radius 3 is 2.78 bits per heavy atom. The Kier molecular flexibility index (Phi) is 6.46. The van der Waals surface area contributed by atoms with E-state index in [4.69, 9.17) is 9.84 Å². The Hall–Kier alpha value is -0.260. The minimum absolute atomic E-state index is 0.176. The van der Waals surface area contributed by atoms with Crippen molar-refractivity contribution in [2.24, 2.45) is 0 Å². The molecule has 0 aromatic carbocycles. The molecule has 0 bridgehead atoms. The maximum Gasteiger partial charge on any atom is 0.325 e. The van der Waals surface area contributed by atoms with Crippen LogP contribution in [0.5, 0.6) is 0 Å². The molecule has 2 N–H and O–H groups in total. The van der Waals surface area contributed by atoms with Crippen LogP contribution in [0.1, 0.15) is 39.5 Å². The average molecular weight is 275 g/mol. The first-order valence-corrected chi connectivity index (χ1v) is 7.65. The molecular formula is C13H25NO3S. The second kappa shape index (κ2) is 7.36. The molecule has 0 saturated heterocycles. The SMILES string of the molecule is COC(=O)C(C)(CCSC(C)CCO)NC1CC1. The number of hydrogen-bond acceptors (Lipinski definition) is 5. The summed E-state index contributed by atoms with van der Waals surface area (Å²) in [6.07, 6.45) is 3.87. The quantitative estimate of drug-likeness (QED) is 0.626. The summed E-state index contributed by atoms with van der Waals surface area (Å²) in [4.78, 5) is 11.9. The fourth-order valence-electron chi connectivity index (χ4n) is 1.87. The number of aliphatic hydroxyl groups excluding tert-OH is 1. The zero-order valence-corrected chi connectivity index (χ0v) is 12.4. The van der Waals surface area contributed by atoms with Crippen molar-refractivity contribution in [1.29, 1.82) is 0 Å². The van der Waals surface area contributed by atoms with E-state index in [0.717, 1.165) is 31.4 Å². The van der Waals surface area contributed by atoms with Crippen LogP contribution in [0.25, 0.3) is 0 Å². The van der Waals surface area contributed by atoms with Gasteiger partial charge in [-0.15, -0.1) is 0 Å². The van der Waals surface area contributed by atoms with Gasteiger partial charge in [0.05, 0.1) is 7.11 Å². The Balaban J connectivity index is 2.38. The number of thioether (sulfide) groups is 1. The fourth-order valence-corrected chi connectivity index (χ4v) is 3.07. The van der Waals surface area contributed by atoms with E-state index in [9.17, 15) is 4.79 Å². The number of esters is 1. The smallest absolute Gasteiger partial charge is 0.325 e. The Morgan fingerprint density at radius 2 is 2.28 bits per heavy atom. The lowest BCUT2D eigenvalue weighted by molar-refractivity contribution is -0.148. The number of carbonyl (C=O) groups is 1. The monoisotopic (exact) mass is 275 g/mol. The summed E-state index contributed by atoms with van der Waals surface area (Å²) >= 11 is 1.80. The maximum absolute atomic E-state index is 11.9. The van der Waals surface area contributed by atoms with Gasteiger partial charge in [0.2, 0.25) is 0 Å². The van der Waals surface area contributed by atoms with Crippen molar-refractivity contribution in [3.05, 3.63) is 0 Å². The standard InChI is InChI=1S/C13H25NO3S/c1-10(6-8-15)18-9-7-13(2,12(16)17-3)14-11-4-5-11/h10-11,14-15H,4-9H2,1-3H3. The number of nitrogens with one attached hydrogen (secondary N) is 1. The second-order valence-corrected chi connectivity index (χ2v) is 6.73. The van der Waals surface area contributed by atoms with Crippen LogP contribution in [-0.2, 0) is 9.53 Å². The van der Waals surface area contributed by atoms with E-state index in [1.807, 2.05) is 6.92 Å². The number of carbonyl (C=O) groups excluding carboxylic acids is 1. The molecule has 4 nitrogen and oxygen atoms in total. The first kappa shape index (κ1) is 15.8. The van der Waals surface area contributed by atoms with E-state index in [1.54, 1.807) is 11.8 Å². The highest BCUT2D eigenvalue weighted by molar-refractivity contribution is 7.99. The van der Waals surface area contributed by atoms with Crippen LogP contribution in [0.2, 0.25) is 0 Å². The number of methoxy groups -OCH3 is 1. The Labute approximate surface area is 114 Å². The van der Waals surface area contributed by atoms with Gasteiger partial charge in [0.1, 0.15) is 5.54 Å². The lowest BCUT2D eigenvalue weighted by Gasteiger charge is -2.28. The summed E-state index contributed by atoms with van der Waals surface area (Å²) in [6.45, 7) is 4.25. The maximum atomic E-state index is 11.9. The predicted molar refractivity (Wildman–Crippen MR) is 74.8 cm³/mol. The molecule has 1 aliphatic carbocycles. The molecule has 1 fully saturated rings. The molecular weight excluding hydrogens is 250 g/mol. The van der Waals surface area contributed by atoms with E-state index >= 15 is 0 Å². The van der Waals surface area contributed by atoms with Gasteiger partial charge >= 0.3 is 5.97 Å². The molecule has 0 aromatic rings. The third kappa shape index (κ3) is 5.16. The highest BCUT2D eigenvalue weighted by Crippen LogP contribution is 2.26. The van der Waals surface area contributed by atoms with Crippen molar-refractivity contribution in [3.8, 4) is 0 Å². The van der Waals surface area contributed by atoms with Crippen molar-refractivity contribution < 1.29 is 14.6 Å². The van der Waals surface area contributed by atoms with Crippen LogP contribution in [0.4, 0.5) is 0 Å². The van der Waals surface area contributed by atoms with Gasteiger partial charge in [0, 0.05) is 17.9 Å². The Bertz CT molecular complexity index is 271. The van der Waals surface area contributed by atoms with Gasteiger partial charge in [-0.2, -0.15) is 11.8 Å². The summed E-state index contributed by atoms with van der Waals surface area (Å²) in [6, 6.07) is 0.481. The van der Waals surface area contributed by atoms with Crippen LogP contribution in [0.3, 0.4) is 0 Å². The highest BCUT2D eigenvalue weighted by Gasteiger charge is 2.38. The Morgan fingerprint density at radius 1 is 1.61 bits per heavy atom. The van der Waals surface area contributed by atoms with Crippen LogP contribution in [-0.4, -0.2) is 47.4 Å². The van der Waals surface area contributed by atoms with Gasteiger partial charge in [-0.25, -0.2) is 0 Å². The summed E-state index contributed by atoms with van der Waals surface area (Å²) < 4.78 is 4.90. The van der Waals surface area contributed by atoms with E-state index in [2.05, 4.69) is 12.2 Å². The third-order valence-corrected chi connectivity index (χ3v) is 4.52. The molecule has 2 atom stereocenters. The van der Waals surface area contributed by atoms with Gasteiger partial charge in [-0.05, 0) is 38.4 Å². The molecule has 0 aromatic heterocycles. The molecule has 1 rings (SSSR count). The molecule has 0 amide bonds. The lowest BCUT2D eigenvalue weighted by Crippen LogP contribution is -2.51. The van der Waals surface area contributed by atoms with E-state index < -0.39 is 5.54 Å². The van der Waals surface area contributed by atoms with Gasteiger partial charge in [0.25, 0.3) is 0 Å². The summed E-state index contributed by atoms with van der Waals surface area (Å²) in [5, 5.41) is 12.7. The summed E-state index contributed by atoms with van der Waals surface area (Å²) in [7, 11) is 1.44. The number of hydrogen-bond donors (Lipinski definition) is 2. The fraction of sp³-hybridized carbons (Fsp3) is 0.923. The van der Waals surface area contributed by atoms with Crippen molar-refractivity contribution in [1.82, 2.24) is 5.32 Å². The van der Waals surface area contributed by atoms with Crippen LogP contribution < -0.4 is 5.32 Å². The molecule has 0 radical (unpaired) electrons. The average Bonchev–Trinajstić information content (AvgIpc) is 3.12. The first-order valence-electron chi connectivity index (χ1n) is 6.60. The van der Waals surface area contributed by atoms with E-state index in [0.29, 0.717) is 11.3 Å². The molecule has 1 saturated carbocycles. The number of rotatable bonds is 9. The van der Waals surface area contributed by atoms with Crippen molar-refractivity contribution in [3.63, 3.8) is 0 Å². The molecule has 5 heteroatoms. The summed E-state index contributed by atoms with van der Waals surface area (Å²) in [5.41, 5.74) is -0.568. The molecule has 2 unspecified atom stereocenters. The molecule has 0 spiro atoms. The largest absolute Gasteiger partial charge is 0.468 e. The molecule has 1 aliphatic rings. The summed E-state index contributed by atoms with van der Waals surface area (Å²) in [5.74, 6) is 0.719.